The standard InChI is InChI=1S/C4H10NO3P/c1-8-2-3(5-9)4(6)7/h3,5H,2,9H2,1H3,(H,6,7). The molecule has 2 unspecified atom stereocenters. The van der Waals surface area contributed by atoms with Gasteiger partial charge in [-0.3, -0.25) is 9.88 Å². The highest BCUT2D eigenvalue weighted by Crippen LogP contribution is 1.87. The summed E-state index contributed by atoms with van der Waals surface area (Å²) >= 11 is 0. The molecule has 0 rings (SSSR count). The molecule has 0 spiro atoms. The third-order valence-electron chi connectivity index (χ3n) is 0.833. The third-order valence-corrected chi connectivity index (χ3v) is 1.23. The maximum absolute atomic E-state index is 10.2. The van der Waals surface area contributed by atoms with Crippen molar-refractivity contribution in [3.8, 4) is 0 Å². The Bertz CT molecular complexity index is 97.8. The summed E-state index contributed by atoms with van der Waals surface area (Å²) in [7, 11) is 3.58. The van der Waals surface area contributed by atoms with Crippen LogP contribution in [0.3, 0.4) is 0 Å². The normalized spacial score (nSPS) is 13.1. The topological polar surface area (TPSA) is 58.6 Å². The summed E-state index contributed by atoms with van der Waals surface area (Å²) in [6.07, 6.45) is 0. The fourth-order valence-corrected chi connectivity index (χ4v) is 0.596. The van der Waals surface area contributed by atoms with Gasteiger partial charge in [0.2, 0.25) is 0 Å². The lowest BCUT2D eigenvalue weighted by Crippen LogP contribution is -2.34. The van der Waals surface area contributed by atoms with Gasteiger partial charge in [0.1, 0.15) is 6.04 Å². The zero-order valence-corrected chi connectivity index (χ0v) is 6.28. The monoisotopic (exact) mass is 151 g/mol. The number of aliphatic carboxylic acids is 1. The molecule has 0 fully saturated rings. The van der Waals surface area contributed by atoms with Gasteiger partial charge in [0.05, 0.1) is 6.61 Å². The van der Waals surface area contributed by atoms with E-state index in [1.165, 1.54) is 7.11 Å². The number of hydrogen-bond acceptors (Lipinski definition) is 3. The van der Waals surface area contributed by atoms with Crippen molar-refractivity contribution in [2.75, 3.05) is 13.7 Å². The minimum Gasteiger partial charge on any atom is -0.480 e. The molecular formula is C4H10NO3P. The Morgan fingerprint density at radius 3 is 2.67 bits per heavy atom. The van der Waals surface area contributed by atoms with E-state index in [0.29, 0.717) is 0 Å². The van der Waals surface area contributed by atoms with Gasteiger partial charge >= 0.3 is 5.97 Å². The molecule has 0 saturated carbocycles. The average molecular weight is 151 g/mol. The van der Waals surface area contributed by atoms with Crippen molar-refractivity contribution in [1.82, 2.24) is 5.09 Å². The number of hydrogen-bond donors (Lipinski definition) is 2. The van der Waals surface area contributed by atoms with Crippen LogP contribution >= 0.6 is 9.39 Å². The number of nitrogens with one attached hydrogen (secondary N) is 1. The van der Waals surface area contributed by atoms with Gasteiger partial charge in [0.25, 0.3) is 0 Å². The molecular weight excluding hydrogens is 141 g/mol. The van der Waals surface area contributed by atoms with E-state index in [4.69, 9.17) is 5.11 Å². The molecule has 4 nitrogen and oxygen atoms in total. The average Bonchev–Trinajstić information content (AvgIpc) is 1.82. The van der Waals surface area contributed by atoms with E-state index in [1.54, 1.807) is 0 Å². The molecule has 0 aliphatic heterocycles. The van der Waals surface area contributed by atoms with E-state index >= 15 is 0 Å². The van der Waals surface area contributed by atoms with Crippen molar-refractivity contribution in [2.45, 2.75) is 6.04 Å². The molecule has 5 heteroatoms. The number of rotatable bonds is 4. The van der Waals surface area contributed by atoms with Crippen molar-refractivity contribution in [3.05, 3.63) is 0 Å². The van der Waals surface area contributed by atoms with Crippen LogP contribution < -0.4 is 5.09 Å². The summed E-state index contributed by atoms with van der Waals surface area (Å²) in [5.41, 5.74) is 0. The molecule has 9 heavy (non-hydrogen) atoms. The largest absolute Gasteiger partial charge is 0.480 e. The molecule has 0 aromatic carbocycles. The number of carboxylic acid groups (broad SMARTS) is 1. The zero-order chi connectivity index (χ0) is 7.28. The van der Waals surface area contributed by atoms with Crippen LogP contribution in [0.15, 0.2) is 0 Å². The Morgan fingerprint density at radius 1 is 2.00 bits per heavy atom. The minimum absolute atomic E-state index is 0.179. The molecule has 54 valence electrons. The molecule has 0 heterocycles. The zero-order valence-electron chi connectivity index (χ0n) is 5.13. The second kappa shape index (κ2) is 4.68. The Labute approximate surface area is 55.8 Å². The van der Waals surface area contributed by atoms with Gasteiger partial charge in [-0.2, -0.15) is 0 Å². The van der Waals surface area contributed by atoms with Crippen LogP contribution in [0, 0.1) is 0 Å². The fraction of sp³-hybridized carbons (Fsp3) is 0.750. The second-order valence-electron chi connectivity index (χ2n) is 1.51. The molecule has 2 N–H and O–H groups in total. The van der Waals surface area contributed by atoms with Crippen LogP contribution in [0.2, 0.25) is 0 Å². The van der Waals surface area contributed by atoms with Gasteiger partial charge in [-0.1, -0.05) is 9.39 Å². The smallest absolute Gasteiger partial charge is 0.323 e. The lowest BCUT2D eigenvalue weighted by molar-refractivity contribution is -0.140. The van der Waals surface area contributed by atoms with Gasteiger partial charge in [-0.25, -0.2) is 0 Å². The van der Waals surface area contributed by atoms with Crippen LogP contribution in [-0.2, 0) is 9.53 Å². The van der Waals surface area contributed by atoms with Gasteiger partial charge in [0.15, 0.2) is 0 Å². The van der Waals surface area contributed by atoms with Gasteiger partial charge in [-0.05, 0) is 0 Å². The number of methoxy groups -OCH3 is 1. The van der Waals surface area contributed by atoms with Crippen LogP contribution in [0.4, 0.5) is 0 Å². The molecule has 0 aliphatic carbocycles. The first-order chi connectivity index (χ1) is 4.22. The van der Waals surface area contributed by atoms with Crippen molar-refractivity contribution >= 4 is 15.4 Å². The van der Waals surface area contributed by atoms with E-state index in [2.05, 4.69) is 19.2 Å². The van der Waals surface area contributed by atoms with Crippen LogP contribution in [0.1, 0.15) is 0 Å². The van der Waals surface area contributed by atoms with Crippen LogP contribution in [-0.4, -0.2) is 30.8 Å². The highest BCUT2D eigenvalue weighted by Gasteiger charge is 2.12. The Balaban J connectivity index is 3.54. The first-order valence-electron chi connectivity index (χ1n) is 2.40. The molecule has 0 amide bonds. The van der Waals surface area contributed by atoms with E-state index in [1.807, 2.05) is 0 Å². The van der Waals surface area contributed by atoms with Crippen LogP contribution in [0.25, 0.3) is 0 Å². The molecule has 0 radical (unpaired) electrons. The van der Waals surface area contributed by atoms with Crippen molar-refractivity contribution < 1.29 is 14.6 Å². The summed E-state index contributed by atoms with van der Waals surface area (Å²) in [4.78, 5) is 10.2. The van der Waals surface area contributed by atoms with E-state index in [-0.39, 0.29) is 6.61 Å². The third kappa shape index (κ3) is 3.40. The first kappa shape index (κ1) is 8.82. The summed E-state index contributed by atoms with van der Waals surface area (Å²) in [6.45, 7) is 0.179. The summed E-state index contributed by atoms with van der Waals surface area (Å²) in [5.74, 6) is -0.910. The molecule has 2 atom stereocenters. The highest BCUT2D eigenvalue weighted by molar-refractivity contribution is 7.13. The van der Waals surface area contributed by atoms with E-state index in [9.17, 15) is 4.79 Å². The Kier molecular flexibility index (Phi) is 4.58. The molecule has 0 aliphatic rings. The molecule has 0 bridgehead atoms. The fourth-order valence-electron chi connectivity index (χ4n) is 0.357. The van der Waals surface area contributed by atoms with Crippen molar-refractivity contribution in [3.63, 3.8) is 0 Å². The Morgan fingerprint density at radius 2 is 2.56 bits per heavy atom. The quantitative estimate of drug-likeness (QED) is 0.530. The van der Waals surface area contributed by atoms with Crippen molar-refractivity contribution in [1.29, 1.82) is 0 Å². The first-order valence-corrected chi connectivity index (χ1v) is 2.98. The second-order valence-corrected chi connectivity index (χ2v) is 1.85. The predicted octanol–water partition coefficient (Wildman–Crippen LogP) is -0.534. The van der Waals surface area contributed by atoms with E-state index < -0.39 is 12.0 Å². The number of carbonyl (C=O) groups is 1. The maximum Gasteiger partial charge on any atom is 0.323 e. The number of carboxylic acids is 1. The lowest BCUT2D eigenvalue weighted by atomic mass is 10.3. The molecule has 0 saturated heterocycles. The van der Waals surface area contributed by atoms with E-state index in [0.717, 1.165) is 0 Å². The predicted molar refractivity (Wildman–Crippen MR) is 36.1 cm³/mol. The lowest BCUT2D eigenvalue weighted by Gasteiger charge is -2.07. The number of ether oxygens (including phenoxy) is 1. The maximum atomic E-state index is 10.2. The van der Waals surface area contributed by atoms with Gasteiger partial charge < -0.3 is 9.84 Å². The molecule has 0 aromatic rings. The summed E-state index contributed by atoms with van der Waals surface area (Å²) in [6, 6.07) is -0.625. The summed E-state index contributed by atoms with van der Waals surface area (Å²) < 4.78 is 4.60. The SMILES string of the molecule is COCC(NP)C(=O)O. The highest BCUT2D eigenvalue weighted by atomic mass is 31.0. The summed E-state index contributed by atoms with van der Waals surface area (Å²) in [5, 5.41) is 10.8. The molecule has 0 aromatic heterocycles. The van der Waals surface area contributed by atoms with Crippen LogP contribution in [0.5, 0.6) is 0 Å². The minimum atomic E-state index is -0.910. The van der Waals surface area contributed by atoms with Gasteiger partial charge in [0, 0.05) is 7.11 Å². The Hall–Kier alpha value is -0.180. The van der Waals surface area contributed by atoms with Gasteiger partial charge in [-0.15, -0.1) is 0 Å². The van der Waals surface area contributed by atoms with Crippen molar-refractivity contribution in [2.24, 2.45) is 0 Å².